The van der Waals surface area contributed by atoms with Crippen LogP contribution < -0.4 is 0 Å². The van der Waals surface area contributed by atoms with Gasteiger partial charge < -0.3 is 0 Å². The van der Waals surface area contributed by atoms with Gasteiger partial charge in [0.1, 0.15) is 5.17 Å². The van der Waals surface area contributed by atoms with Crippen LogP contribution in [-0.4, -0.2) is 5.17 Å². The number of rotatable bonds is 1. The molecule has 1 N–H and O–H groups in total. The Balaban J connectivity index is 3.01. The number of nitrogens with one attached hydrogen (secondary N) is 1. The zero-order valence-electron chi connectivity index (χ0n) is 6.32. The minimum Gasteiger partial charge on any atom is -0.289 e. The Labute approximate surface area is 77.6 Å². The van der Waals surface area contributed by atoms with Crippen molar-refractivity contribution in [1.29, 1.82) is 5.41 Å². The van der Waals surface area contributed by atoms with Gasteiger partial charge in [0.25, 0.3) is 0 Å². The molecule has 0 heterocycles. The molecule has 1 rings (SSSR count). The molecule has 5 heteroatoms. The van der Waals surface area contributed by atoms with Crippen molar-refractivity contribution >= 4 is 16.8 Å². The van der Waals surface area contributed by atoms with Gasteiger partial charge in [-0.3, -0.25) is 5.41 Å². The summed E-state index contributed by atoms with van der Waals surface area (Å²) < 4.78 is 36.1. The number of benzene rings is 1. The summed E-state index contributed by atoms with van der Waals surface area (Å²) in [5, 5.41) is 6.68. The van der Waals surface area contributed by atoms with E-state index in [1.807, 2.05) is 0 Å². The molecule has 1 aromatic carbocycles. The van der Waals surface area contributed by atoms with Gasteiger partial charge in [-0.15, -0.1) is 0 Å². The third kappa shape index (κ3) is 2.45. The molecule has 0 aliphatic rings. The molecule has 0 saturated heterocycles. The third-order valence-corrected chi connectivity index (χ3v) is 1.68. The van der Waals surface area contributed by atoms with Gasteiger partial charge in [-0.05, 0) is 12.1 Å². The maximum Gasteiger partial charge on any atom is 0.416 e. The molecular weight excluding hydrogens is 203 g/mol. The summed E-state index contributed by atoms with van der Waals surface area (Å²) in [4.78, 5) is 0. The SMILES string of the molecule is N=C(Cl)c1ccc(C(F)(F)F)cc1. The minimum absolute atomic E-state index is 0.270. The van der Waals surface area contributed by atoms with Crippen LogP contribution >= 0.6 is 11.6 Å². The van der Waals surface area contributed by atoms with Gasteiger partial charge in [0.2, 0.25) is 0 Å². The second-order valence-corrected chi connectivity index (χ2v) is 2.77. The Morgan fingerprint density at radius 1 is 1.15 bits per heavy atom. The Morgan fingerprint density at radius 3 is 1.92 bits per heavy atom. The Hall–Kier alpha value is -1.03. The molecule has 0 atom stereocenters. The molecule has 0 amide bonds. The van der Waals surface area contributed by atoms with Gasteiger partial charge in [-0.25, -0.2) is 0 Å². The largest absolute Gasteiger partial charge is 0.416 e. The maximum absolute atomic E-state index is 12.0. The van der Waals surface area contributed by atoms with Crippen molar-refractivity contribution in [3.05, 3.63) is 35.4 Å². The van der Waals surface area contributed by atoms with E-state index in [1.54, 1.807) is 0 Å². The van der Waals surface area contributed by atoms with Crippen LogP contribution in [0.25, 0.3) is 0 Å². The molecule has 70 valence electrons. The Bertz CT molecular complexity index is 315. The van der Waals surface area contributed by atoms with E-state index in [9.17, 15) is 13.2 Å². The molecule has 0 saturated carbocycles. The van der Waals surface area contributed by atoms with Crippen LogP contribution in [0.3, 0.4) is 0 Å². The number of alkyl halides is 3. The Kier molecular flexibility index (Phi) is 2.61. The lowest BCUT2D eigenvalue weighted by molar-refractivity contribution is -0.137. The van der Waals surface area contributed by atoms with Gasteiger partial charge in [0.05, 0.1) is 5.56 Å². The lowest BCUT2D eigenvalue weighted by Crippen LogP contribution is -2.04. The van der Waals surface area contributed by atoms with E-state index in [4.69, 9.17) is 17.0 Å². The summed E-state index contributed by atoms with van der Waals surface area (Å²) in [5.74, 6) is 0. The number of halogens is 4. The summed E-state index contributed by atoms with van der Waals surface area (Å²) in [6, 6.07) is 4.12. The molecule has 0 aliphatic carbocycles. The molecule has 1 aromatic rings. The first kappa shape index (κ1) is 10.1. The second kappa shape index (κ2) is 3.38. The Morgan fingerprint density at radius 2 is 1.62 bits per heavy atom. The highest BCUT2D eigenvalue weighted by molar-refractivity contribution is 6.68. The van der Waals surface area contributed by atoms with Gasteiger partial charge in [0.15, 0.2) is 0 Å². The van der Waals surface area contributed by atoms with E-state index >= 15 is 0 Å². The second-order valence-electron chi connectivity index (χ2n) is 2.39. The van der Waals surface area contributed by atoms with Crippen molar-refractivity contribution in [2.24, 2.45) is 0 Å². The van der Waals surface area contributed by atoms with Crippen LogP contribution in [-0.2, 0) is 6.18 Å². The molecule has 13 heavy (non-hydrogen) atoms. The quantitative estimate of drug-likeness (QED) is 0.684. The molecule has 0 unspecified atom stereocenters. The summed E-state index contributed by atoms with van der Waals surface area (Å²) >= 11 is 5.27. The maximum atomic E-state index is 12.0. The van der Waals surface area contributed by atoms with Crippen molar-refractivity contribution in [3.63, 3.8) is 0 Å². The first-order valence-electron chi connectivity index (χ1n) is 3.33. The van der Waals surface area contributed by atoms with E-state index in [1.165, 1.54) is 0 Å². The van der Waals surface area contributed by atoms with Crippen LogP contribution in [0, 0.1) is 5.41 Å². The topological polar surface area (TPSA) is 23.9 Å². The average Bonchev–Trinajstić information content (AvgIpc) is 2.03. The van der Waals surface area contributed by atoms with Crippen molar-refractivity contribution in [2.45, 2.75) is 6.18 Å². The standard InChI is InChI=1S/C8H5ClF3N/c9-7(13)5-1-3-6(4-2-5)8(10,11)12/h1-4,13H. The van der Waals surface area contributed by atoms with Crippen molar-refractivity contribution < 1.29 is 13.2 Å². The zero-order valence-corrected chi connectivity index (χ0v) is 7.08. The highest BCUT2D eigenvalue weighted by atomic mass is 35.5. The summed E-state index contributed by atoms with van der Waals surface area (Å²) in [5.41, 5.74) is -0.469. The van der Waals surface area contributed by atoms with Crippen molar-refractivity contribution in [2.75, 3.05) is 0 Å². The van der Waals surface area contributed by atoms with E-state index in [2.05, 4.69) is 0 Å². The minimum atomic E-state index is -4.34. The molecular formula is C8H5ClF3N. The summed E-state index contributed by atoms with van der Waals surface area (Å²) in [7, 11) is 0. The molecule has 0 aliphatic heterocycles. The van der Waals surface area contributed by atoms with Crippen LogP contribution in [0.2, 0.25) is 0 Å². The predicted molar refractivity (Wildman–Crippen MR) is 44.1 cm³/mol. The smallest absolute Gasteiger partial charge is 0.289 e. The van der Waals surface area contributed by atoms with Gasteiger partial charge in [-0.1, -0.05) is 23.7 Å². The first-order chi connectivity index (χ1) is 5.91. The van der Waals surface area contributed by atoms with Gasteiger partial charge in [0, 0.05) is 5.56 Å². The number of hydrogen-bond acceptors (Lipinski definition) is 1. The first-order valence-corrected chi connectivity index (χ1v) is 3.71. The van der Waals surface area contributed by atoms with Crippen LogP contribution in [0.5, 0.6) is 0 Å². The molecule has 0 spiro atoms. The van der Waals surface area contributed by atoms with Crippen LogP contribution in [0.4, 0.5) is 13.2 Å². The monoisotopic (exact) mass is 207 g/mol. The van der Waals surface area contributed by atoms with Crippen molar-refractivity contribution in [3.8, 4) is 0 Å². The molecule has 0 bridgehead atoms. The summed E-state index contributed by atoms with van der Waals surface area (Å²) in [6.45, 7) is 0. The molecule has 1 nitrogen and oxygen atoms in total. The fourth-order valence-electron chi connectivity index (χ4n) is 0.806. The fourth-order valence-corrected chi connectivity index (χ4v) is 0.932. The van der Waals surface area contributed by atoms with E-state index in [0.717, 1.165) is 24.3 Å². The highest BCUT2D eigenvalue weighted by Gasteiger charge is 2.29. The van der Waals surface area contributed by atoms with Gasteiger partial charge in [-0.2, -0.15) is 13.2 Å². The van der Waals surface area contributed by atoms with Crippen molar-refractivity contribution in [1.82, 2.24) is 0 Å². The number of hydrogen-bond donors (Lipinski definition) is 1. The van der Waals surface area contributed by atoms with E-state index in [0.29, 0.717) is 0 Å². The van der Waals surface area contributed by atoms with E-state index < -0.39 is 11.7 Å². The van der Waals surface area contributed by atoms with Crippen LogP contribution in [0.15, 0.2) is 24.3 Å². The molecule has 0 aromatic heterocycles. The van der Waals surface area contributed by atoms with E-state index in [-0.39, 0.29) is 10.7 Å². The predicted octanol–water partition coefficient (Wildman–Crippen LogP) is 3.27. The lowest BCUT2D eigenvalue weighted by Gasteiger charge is -2.06. The molecule has 0 fully saturated rings. The van der Waals surface area contributed by atoms with Crippen LogP contribution in [0.1, 0.15) is 11.1 Å². The fraction of sp³-hybridized carbons (Fsp3) is 0.125. The molecule has 0 radical (unpaired) electrons. The lowest BCUT2D eigenvalue weighted by atomic mass is 10.1. The average molecular weight is 208 g/mol. The highest BCUT2D eigenvalue weighted by Crippen LogP contribution is 2.29. The summed E-state index contributed by atoms with van der Waals surface area (Å²) in [6.07, 6.45) is -4.34. The zero-order chi connectivity index (χ0) is 10.1. The third-order valence-electron chi connectivity index (χ3n) is 1.47. The van der Waals surface area contributed by atoms with Gasteiger partial charge >= 0.3 is 6.18 Å². The normalized spacial score (nSPS) is 11.4.